The zero-order valence-corrected chi connectivity index (χ0v) is 13.2. The van der Waals surface area contributed by atoms with Crippen molar-refractivity contribution in [2.75, 3.05) is 6.61 Å². The number of alkyl carbamates (subject to hydrolysis) is 1. The van der Waals surface area contributed by atoms with Crippen LogP contribution >= 0.6 is 0 Å². The highest BCUT2D eigenvalue weighted by Gasteiger charge is 2.14. The third-order valence-corrected chi connectivity index (χ3v) is 3.50. The molecule has 5 nitrogen and oxygen atoms in total. The molecule has 3 N–H and O–H groups in total. The number of hydrogen-bond donors (Lipinski definition) is 3. The molecule has 1 amide bonds. The number of ether oxygens (including phenoxy) is 1. The number of aliphatic hydroxyl groups is 2. The van der Waals surface area contributed by atoms with Crippen molar-refractivity contribution < 1.29 is 19.7 Å². The van der Waals surface area contributed by atoms with Crippen LogP contribution in [0.5, 0.6) is 0 Å². The Kier molecular flexibility index (Phi) is 9.26. The first kappa shape index (κ1) is 18.5. The number of nitrogens with one attached hydrogen (secondary N) is 1. The van der Waals surface area contributed by atoms with Crippen molar-refractivity contribution in [3.05, 3.63) is 35.9 Å². The van der Waals surface area contributed by atoms with E-state index in [2.05, 4.69) is 12.2 Å². The van der Waals surface area contributed by atoms with E-state index in [0.717, 1.165) is 24.8 Å². The number of unbranched alkanes of at least 4 members (excludes halogenated alkanes) is 1. The van der Waals surface area contributed by atoms with Crippen molar-refractivity contribution in [3.8, 4) is 0 Å². The van der Waals surface area contributed by atoms with Crippen molar-refractivity contribution in [1.82, 2.24) is 5.32 Å². The molecule has 22 heavy (non-hydrogen) atoms. The molecule has 0 saturated heterocycles. The van der Waals surface area contributed by atoms with Gasteiger partial charge in [-0.25, -0.2) is 4.79 Å². The molecule has 0 radical (unpaired) electrons. The van der Waals surface area contributed by atoms with Gasteiger partial charge in [0.2, 0.25) is 0 Å². The van der Waals surface area contributed by atoms with Gasteiger partial charge in [0, 0.05) is 6.04 Å². The number of benzene rings is 1. The summed E-state index contributed by atoms with van der Waals surface area (Å²) in [7, 11) is 0. The molecule has 0 aromatic heterocycles. The molecule has 5 heteroatoms. The average Bonchev–Trinajstić information content (AvgIpc) is 2.56. The Labute approximate surface area is 132 Å². The lowest BCUT2D eigenvalue weighted by atomic mass is 10.0. The summed E-state index contributed by atoms with van der Waals surface area (Å²) in [6, 6.07) is 9.48. The molecule has 124 valence electrons. The van der Waals surface area contributed by atoms with Gasteiger partial charge in [0.05, 0.1) is 12.7 Å². The summed E-state index contributed by atoms with van der Waals surface area (Å²) in [5, 5.41) is 21.1. The lowest BCUT2D eigenvalue weighted by Crippen LogP contribution is -2.36. The summed E-state index contributed by atoms with van der Waals surface area (Å²) < 4.78 is 5.21. The van der Waals surface area contributed by atoms with Crippen molar-refractivity contribution >= 4 is 6.09 Å². The van der Waals surface area contributed by atoms with Crippen molar-refractivity contribution in [2.45, 2.75) is 57.8 Å². The second-order valence-corrected chi connectivity index (χ2v) is 5.46. The molecule has 2 atom stereocenters. The van der Waals surface area contributed by atoms with Crippen LogP contribution in [-0.2, 0) is 11.3 Å². The quantitative estimate of drug-likeness (QED) is 0.621. The van der Waals surface area contributed by atoms with Gasteiger partial charge in [-0.1, -0.05) is 50.1 Å². The molecular weight excluding hydrogens is 282 g/mol. The Balaban J connectivity index is 2.37. The van der Waals surface area contributed by atoms with Gasteiger partial charge < -0.3 is 20.3 Å². The minimum absolute atomic E-state index is 0.0376. The highest BCUT2D eigenvalue weighted by Crippen LogP contribution is 2.10. The molecule has 0 heterocycles. The van der Waals surface area contributed by atoms with E-state index in [0.29, 0.717) is 12.8 Å². The topological polar surface area (TPSA) is 78.8 Å². The molecule has 0 spiro atoms. The van der Waals surface area contributed by atoms with E-state index >= 15 is 0 Å². The molecular formula is C17H27NO4. The van der Waals surface area contributed by atoms with Crippen molar-refractivity contribution in [2.24, 2.45) is 0 Å². The number of amides is 1. The number of rotatable bonds is 10. The number of aliphatic hydroxyl groups excluding tert-OH is 2. The average molecular weight is 309 g/mol. The van der Waals surface area contributed by atoms with E-state index in [1.807, 2.05) is 30.3 Å². The summed E-state index contributed by atoms with van der Waals surface area (Å²) >= 11 is 0. The lowest BCUT2D eigenvalue weighted by Gasteiger charge is -2.19. The molecule has 0 fully saturated rings. The van der Waals surface area contributed by atoms with Crippen LogP contribution in [0.4, 0.5) is 4.79 Å². The molecule has 1 aromatic rings. The molecule has 1 unspecified atom stereocenters. The third-order valence-electron chi connectivity index (χ3n) is 3.50. The fraction of sp³-hybridized carbons (Fsp3) is 0.588. The van der Waals surface area contributed by atoms with E-state index in [1.165, 1.54) is 0 Å². The second kappa shape index (κ2) is 11.0. The van der Waals surface area contributed by atoms with E-state index in [4.69, 9.17) is 9.84 Å². The van der Waals surface area contributed by atoms with Gasteiger partial charge in [0.1, 0.15) is 6.61 Å². The maximum absolute atomic E-state index is 11.9. The summed E-state index contributed by atoms with van der Waals surface area (Å²) in [6.45, 7) is 2.08. The van der Waals surface area contributed by atoms with E-state index in [9.17, 15) is 9.90 Å². The minimum Gasteiger partial charge on any atom is -0.445 e. The lowest BCUT2D eigenvalue weighted by molar-refractivity contribution is 0.0824. The largest absolute Gasteiger partial charge is 0.445 e. The van der Waals surface area contributed by atoms with Crippen LogP contribution in [0.1, 0.15) is 44.6 Å². The van der Waals surface area contributed by atoms with E-state index in [-0.39, 0.29) is 19.3 Å². The van der Waals surface area contributed by atoms with Crippen LogP contribution < -0.4 is 5.32 Å². The van der Waals surface area contributed by atoms with Crippen LogP contribution in [0, 0.1) is 0 Å². The summed E-state index contributed by atoms with van der Waals surface area (Å²) in [6.07, 6.45) is 2.80. The van der Waals surface area contributed by atoms with Gasteiger partial charge in [-0.2, -0.15) is 0 Å². The van der Waals surface area contributed by atoms with Crippen LogP contribution in [0.2, 0.25) is 0 Å². The number of carbonyl (C=O) groups excluding carboxylic acids is 1. The fourth-order valence-corrected chi connectivity index (χ4v) is 2.16. The highest BCUT2D eigenvalue weighted by atomic mass is 16.5. The van der Waals surface area contributed by atoms with Crippen molar-refractivity contribution in [1.29, 1.82) is 0 Å². The third kappa shape index (κ3) is 8.00. The molecule has 0 aliphatic carbocycles. The van der Waals surface area contributed by atoms with Gasteiger partial charge in [0.15, 0.2) is 0 Å². The summed E-state index contributed by atoms with van der Waals surface area (Å²) in [5.41, 5.74) is 0.943. The molecule has 0 bridgehead atoms. The van der Waals surface area contributed by atoms with Gasteiger partial charge in [-0.3, -0.25) is 0 Å². The number of carbonyl (C=O) groups is 1. The molecule has 1 rings (SSSR count). The molecule has 0 saturated carbocycles. The normalized spacial score (nSPS) is 13.4. The fourth-order valence-electron chi connectivity index (χ4n) is 2.16. The van der Waals surface area contributed by atoms with E-state index < -0.39 is 12.2 Å². The second-order valence-electron chi connectivity index (χ2n) is 5.46. The Morgan fingerprint density at radius 3 is 2.59 bits per heavy atom. The highest BCUT2D eigenvalue weighted by molar-refractivity contribution is 5.67. The first-order valence-electron chi connectivity index (χ1n) is 7.91. The zero-order valence-electron chi connectivity index (χ0n) is 13.2. The maximum atomic E-state index is 11.9. The minimum atomic E-state index is -0.730. The Bertz CT molecular complexity index is 410. The van der Waals surface area contributed by atoms with Crippen LogP contribution in [0.25, 0.3) is 0 Å². The monoisotopic (exact) mass is 309 g/mol. The van der Waals surface area contributed by atoms with Gasteiger partial charge in [0.25, 0.3) is 0 Å². The predicted molar refractivity (Wildman–Crippen MR) is 85.4 cm³/mol. The Morgan fingerprint density at radius 2 is 1.95 bits per heavy atom. The van der Waals surface area contributed by atoms with Gasteiger partial charge in [-0.05, 0) is 24.8 Å². The maximum Gasteiger partial charge on any atom is 0.407 e. The Hall–Kier alpha value is -1.59. The van der Waals surface area contributed by atoms with Crippen LogP contribution in [0.3, 0.4) is 0 Å². The first-order chi connectivity index (χ1) is 10.7. The number of hydrogen-bond acceptors (Lipinski definition) is 4. The molecule has 0 aliphatic heterocycles. The van der Waals surface area contributed by atoms with Crippen LogP contribution in [-0.4, -0.2) is 35.1 Å². The summed E-state index contributed by atoms with van der Waals surface area (Å²) in [5.74, 6) is 0. The zero-order chi connectivity index (χ0) is 16.2. The first-order valence-corrected chi connectivity index (χ1v) is 7.91. The summed E-state index contributed by atoms with van der Waals surface area (Å²) in [4.78, 5) is 11.9. The smallest absolute Gasteiger partial charge is 0.407 e. The molecule has 0 aliphatic rings. The van der Waals surface area contributed by atoms with Gasteiger partial charge in [-0.15, -0.1) is 0 Å². The molecule has 1 aromatic carbocycles. The Morgan fingerprint density at radius 1 is 1.23 bits per heavy atom. The van der Waals surface area contributed by atoms with Gasteiger partial charge >= 0.3 is 6.09 Å². The van der Waals surface area contributed by atoms with Crippen LogP contribution in [0.15, 0.2) is 30.3 Å². The standard InChI is InChI=1S/C17H27NO4/c1-2-3-9-15(10-11-16(20)12-19)18-17(21)22-13-14-7-5-4-6-8-14/h4-8,15-16,19-20H,2-3,9-13H2,1H3,(H,18,21)/t15-,16?/m0/s1. The van der Waals surface area contributed by atoms with Crippen molar-refractivity contribution in [3.63, 3.8) is 0 Å². The predicted octanol–water partition coefficient (Wildman–Crippen LogP) is 2.61. The SMILES string of the molecule is CCCC[C@@H](CCC(O)CO)NC(=O)OCc1ccccc1. The van der Waals surface area contributed by atoms with E-state index in [1.54, 1.807) is 0 Å².